The van der Waals surface area contributed by atoms with E-state index in [0.29, 0.717) is 6.54 Å². The Bertz CT molecular complexity index is 1270. The van der Waals surface area contributed by atoms with E-state index in [1.54, 1.807) is 11.3 Å². The first-order valence-electron chi connectivity index (χ1n) is 10.2. The van der Waals surface area contributed by atoms with Crippen molar-refractivity contribution in [2.75, 3.05) is 5.32 Å². The molecule has 0 spiro atoms. The minimum Gasteiger partial charge on any atom is -0.365 e. The number of nitrogens with zero attached hydrogens (tertiary/aromatic N) is 3. The lowest BCUT2D eigenvalue weighted by Gasteiger charge is -2.09. The van der Waals surface area contributed by atoms with Crippen LogP contribution in [0.25, 0.3) is 32.8 Å². The number of benzene rings is 3. The van der Waals surface area contributed by atoms with Gasteiger partial charge in [0, 0.05) is 29.2 Å². The molecule has 0 radical (unpaired) electrons. The lowest BCUT2D eigenvalue weighted by atomic mass is 10.0. The first kappa shape index (κ1) is 19.3. The Morgan fingerprint density at radius 1 is 0.742 bits per heavy atom. The average molecular weight is 423 g/mol. The van der Waals surface area contributed by atoms with Gasteiger partial charge in [-0.25, -0.2) is 4.98 Å². The fraction of sp³-hybridized carbons (Fsp3) is 0.0769. The summed E-state index contributed by atoms with van der Waals surface area (Å²) in [5, 5.41) is 9.08. The van der Waals surface area contributed by atoms with E-state index in [2.05, 4.69) is 76.1 Å². The Morgan fingerprint density at radius 3 is 2.06 bits per heavy atom. The Morgan fingerprint density at radius 2 is 1.35 bits per heavy atom. The Balaban J connectivity index is 1.34. The van der Waals surface area contributed by atoms with Crippen LogP contribution >= 0.6 is 11.3 Å². The maximum Gasteiger partial charge on any atom is 0.132 e. The van der Waals surface area contributed by atoms with Crippen molar-refractivity contribution in [1.82, 2.24) is 14.8 Å². The van der Waals surface area contributed by atoms with Crippen molar-refractivity contribution in [3.05, 3.63) is 102 Å². The van der Waals surface area contributed by atoms with Crippen LogP contribution in [0.3, 0.4) is 0 Å². The third-order valence-corrected chi connectivity index (χ3v) is 6.29. The molecule has 0 saturated heterocycles. The van der Waals surface area contributed by atoms with Crippen LogP contribution < -0.4 is 5.32 Å². The highest BCUT2D eigenvalue weighted by atomic mass is 32.1. The van der Waals surface area contributed by atoms with Crippen LogP contribution in [-0.4, -0.2) is 14.8 Å². The molecule has 4 nitrogen and oxygen atoms in total. The molecule has 31 heavy (non-hydrogen) atoms. The molecule has 0 saturated carbocycles. The van der Waals surface area contributed by atoms with Crippen molar-refractivity contribution in [2.24, 2.45) is 7.05 Å². The minimum absolute atomic E-state index is 0.707. The van der Waals surface area contributed by atoms with Gasteiger partial charge in [-0.1, -0.05) is 84.9 Å². The predicted octanol–water partition coefficient (Wildman–Crippen LogP) is 6.49. The summed E-state index contributed by atoms with van der Waals surface area (Å²) < 4.78 is 1.89. The number of nitrogens with one attached hydrogen (secondary N) is 1. The van der Waals surface area contributed by atoms with Gasteiger partial charge in [0.2, 0.25) is 0 Å². The van der Waals surface area contributed by atoms with E-state index in [0.717, 1.165) is 27.5 Å². The molecule has 5 heteroatoms. The number of aromatic nitrogens is 3. The molecule has 0 aliphatic heterocycles. The van der Waals surface area contributed by atoms with Gasteiger partial charge >= 0.3 is 0 Å². The van der Waals surface area contributed by atoms with E-state index in [-0.39, 0.29) is 0 Å². The summed E-state index contributed by atoms with van der Waals surface area (Å²) >= 11 is 1.71. The van der Waals surface area contributed by atoms with Crippen molar-refractivity contribution in [3.8, 4) is 32.8 Å². The van der Waals surface area contributed by atoms with E-state index in [9.17, 15) is 0 Å². The van der Waals surface area contributed by atoms with E-state index < -0.39 is 0 Å². The molecule has 0 amide bonds. The van der Waals surface area contributed by atoms with Gasteiger partial charge in [-0.2, -0.15) is 5.10 Å². The zero-order valence-electron chi connectivity index (χ0n) is 17.2. The normalized spacial score (nSPS) is 10.9. The lowest BCUT2D eigenvalue weighted by Crippen LogP contribution is -2.04. The monoisotopic (exact) mass is 422 g/mol. The summed E-state index contributed by atoms with van der Waals surface area (Å²) in [4.78, 5) is 5.77. The zero-order valence-corrected chi connectivity index (χ0v) is 18.0. The topological polar surface area (TPSA) is 42.7 Å². The summed E-state index contributed by atoms with van der Waals surface area (Å²) in [5.74, 6) is 1.00. The molecule has 2 aromatic heterocycles. The third kappa shape index (κ3) is 4.13. The molecule has 1 N–H and O–H groups in total. The molecule has 0 atom stereocenters. The number of thiazole rings is 1. The first-order valence-corrected chi connectivity index (χ1v) is 11.0. The highest BCUT2D eigenvalue weighted by Gasteiger charge is 2.12. The standard InChI is InChI=1S/C26H22N4S/c1-30-25(27-16-23-17-28-26(31-23)22-10-6-3-7-11-22)24(18-29-30)21-14-12-20(13-15-21)19-8-4-2-5-9-19/h2-15,17-18,27H,16H2,1H3. The molecular weight excluding hydrogens is 400 g/mol. The maximum absolute atomic E-state index is 4.58. The van der Waals surface area contributed by atoms with Crippen molar-refractivity contribution in [2.45, 2.75) is 6.54 Å². The smallest absolute Gasteiger partial charge is 0.132 e. The number of hydrogen-bond acceptors (Lipinski definition) is 4. The van der Waals surface area contributed by atoms with Gasteiger partial charge in [-0.05, 0) is 16.7 Å². The van der Waals surface area contributed by atoms with Crippen LogP contribution in [0.4, 0.5) is 5.82 Å². The fourth-order valence-electron chi connectivity index (χ4n) is 3.61. The van der Waals surface area contributed by atoms with E-state index in [4.69, 9.17) is 0 Å². The molecule has 5 rings (SSSR count). The van der Waals surface area contributed by atoms with Gasteiger partial charge in [-0.3, -0.25) is 4.68 Å². The van der Waals surface area contributed by atoms with Gasteiger partial charge in [-0.15, -0.1) is 11.3 Å². The number of rotatable bonds is 6. The zero-order chi connectivity index (χ0) is 21.0. The molecule has 3 aromatic carbocycles. The second kappa shape index (κ2) is 8.58. The maximum atomic E-state index is 4.58. The minimum atomic E-state index is 0.707. The van der Waals surface area contributed by atoms with Crippen LogP contribution in [-0.2, 0) is 13.6 Å². The number of anilines is 1. The van der Waals surface area contributed by atoms with Gasteiger partial charge in [0.25, 0.3) is 0 Å². The highest BCUT2D eigenvalue weighted by molar-refractivity contribution is 7.15. The van der Waals surface area contributed by atoms with E-state index >= 15 is 0 Å². The van der Waals surface area contributed by atoms with E-state index in [1.807, 2.05) is 48.4 Å². The second-order valence-corrected chi connectivity index (χ2v) is 8.44. The molecule has 0 aliphatic carbocycles. The highest BCUT2D eigenvalue weighted by Crippen LogP contribution is 2.31. The van der Waals surface area contributed by atoms with Crippen LogP contribution in [0.1, 0.15) is 4.88 Å². The molecule has 0 unspecified atom stereocenters. The lowest BCUT2D eigenvalue weighted by molar-refractivity contribution is 0.769. The quantitative estimate of drug-likeness (QED) is 0.340. The number of aryl methyl sites for hydroxylation is 1. The van der Waals surface area contributed by atoms with Crippen molar-refractivity contribution in [1.29, 1.82) is 0 Å². The van der Waals surface area contributed by atoms with Crippen molar-refractivity contribution in [3.63, 3.8) is 0 Å². The third-order valence-electron chi connectivity index (χ3n) is 5.25. The molecular formula is C26H22N4S. The first-order chi connectivity index (χ1) is 15.3. The molecule has 0 fully saturated rings. The summed E-state index contributed by atoms with van der Waals surface area (Å²) in [6.45, 7) is 0.707. The van der Waals surface area contributed by atoms with Crippen molar-refractivity contribution < 1.29 is 0 Å². The Hall–Kier alpha value is -3.70. The molecule has 5 aromatic rings. The molecule has 0 aliphatic rings. The number of hydrogen-bond donors (Lipinski definition) is 1. The van der Waals surface area contributed by atoms with Crippen molar-refractivity contribution >= 4 is 17.2 Å². The van der Waals surface area contributed by atoms with Gasteiger partial charge in [0.05, 0.1) is 12.7 Å². The van der Waals surface area contributed by atoms with Crippen LogP contribution in [0.15, 0.2) is 97.3 Å². The summed E-state index contributed by atoms with van der Waals surface area (Å²) in [7, 11) is 1.96. The summed E-state index contributed by atoms with van der Waals surface area (Å²) in [6.07, 6.45) is 3.87. The van der Waals surface area contributed by atoms with Crippen LogP contribution in [0.5, 0.6) is 0 Å². The SMILES string of the molecule is Cn1ncc(-c2ccc(-c3ccccc3)cc2)c1NCc1cnc(-c2ccccc2)s1. The Labute approximate surface area is 185 Å². The Kier molecular flexibility index (Phi) is 5.33. The largest absolute Gasteiger partial charge is 0.365 e. The average Bonchev–Trinajstić information content (AvgIpc) is 3.46. The fourth-order valence-corrected chi connectivity index (χ4v) is 4.46. The molecule has 0 bridgehead atoms. The summed E-state index contributed by atoms with van der Waals surface area (Å²) in [6, 6.07) is 29.4. The predicted molar refractivity (Wildman–Crippen MR) is 129 cm³/mol. The summed E-state index contributed by atoms with van der Waals surface area (Å²) in [5.41, 5.74) is 5.82. The van der Waals surface area contributed by atoms with Gasteiger partial charge < -0.3 is 5.32 Å². The van der Waals surface area contributed by atoms with E-state index in [1.165, 1.54) is 16.0 Å². The van der Waals surface area contributed by atoms with Gasteiger partial charge in [0.1, 0.15) is 10.8 Å². The van der Waals surface area contributed by atoms with Gasteiger partial charge in [0.15, 0.2) is 0 Å². The molecule has 2 heterocycles. The second-order valence-electron chi connectivity index (χ2n) is 7.33. The van der Waals surface area contributed by atoms with Crippen LogP contribution in [0, 0.1) is 0 Å². The molecule has 152 valence electrons. The van der Waals surface area contributed by atoms with Crippen LogP contribution in [0.2, 0.25) is 0 Å².